The summed E-state index contributed by atoms with van der Waals surface area (Å²) in [6.45, 7) is 0. The van der Waals surface area contributed by atoms with E-state index in [1.54, 1.807) is 11.8 Å². The van der Waals surface area contributed by atoms with Crippen LogP contribution in [0.3, 0.4) is 0 Å². The van der Waals surface area contributed by atoms with Crippen molar-refractivity contribution in [1.82, 2.24) is 0 Å². The monoisotopic (exact) mass is 318 g/mol. The Morgan fingerprint density at radius 1 is 0.652 bits per heavy atom. The number of hydrogen-bond donors (Lipinski definition) is 0. The van der Waals surface area contributed by atoms with Crippen molar-refractivity contribution >= 4 is 18.0 Å². The molecule has 0 N–H and O–H groups in total. The molecule has 0 aliphatic heterocycles. The van der Waals surface area contributed by atoms with E-state index in [0.717, 1.165) is 6.29 Å². The lowest BCUT2D eigenvalue weighted by molar-refractivity contribution is -0.105. The predicted octanol–water partition coefficient (Wildman–Crippen LogP) is 4.91. The second-order valence-corrected chi connectivity index (χ2v) is 6.49. The highest BCUT2D eigenvalue weighted by Crippen LogP contribution is 2.47. The number of aldehydes is 1. The van der Waals surface area contributed by atoms with E-state index in [1.165, 1.54) is 16.7 Å². The molecule has 0 spiro atoms. The smallest absolute Gasteiger partial charge is 0.129 e. The predicted molar refractivity (Wildman–Crippen MR) is 97.7 cm³/mol. The van der Waals surface area contributed by atoms with Crippen molar-refractivity contribution in [1.29, 1.82) is 0 Å². The van der Waals surface area contributed by atoms with E-state index in [4.69, 9.17) is 0 Å². The fourth-order valence-corrected chi connectivity index (χ4v) is 4.15. The van der Waals surface area contributed by atoms with Gasteiger partial charge in [-0.25, -0.2) is 0 Å². The molecule has 3 aromatic rings. The molecule has 0 amide bonds. The van der Waals surface area contributed by atoms with Crippen molar-refractivity contribution in [3.8, 4) is 0 Å². The number of hydrogen-bond acceptors (Lipinski definition) is 2. The van der Waals surface area contributed by atoms with Gasteiger partial charge in [0.25, 0.3) is 0 Å². The largest absolute Gasteiger partial charge is 0.302 e. The van der Waals surface area contributed by atoms with Crippen LogP contribution in [-0.4, -0.2) is 12.0 Å². The van der Waals surface area contributed by atoms with E-state index in [-0.39, 0.29) is 4.75 Å². The Morgan fingerprint density at radius 2 is 1.00 bits per heavy atom. The maximum absolute atomic E-state index is 11.1. The summed E-state index contributed by atoms with van der Waals surface area (Å²) in [7, 11) is 0. The van der Waals surface area contributed by atoms with Crippen molar-refractivity contribution in [2.75, 3.05) is 5.75 Å². The van der Waals surface area contributed by atoms with Crippen LogP contribution in [0.1, 0.15) is 16.7 Å². The molecule has 114 valence electrons. The molecule has 23 heavy (non-hydrogen) atoms. The van der Waals surface area contributed by atoms with Gasteiger partial charge in [-0.05, 0) is 16.7 Å². The number of benzene rings is 3. The summed E-state index contributed by atoms with van der Waals surface area (Å²) in [5.41, 5.74) is 3.55. The molecule has 0 saturated carbocycles. The van der Waals surface area contributed by atoms with E-state index < -0.39 is 0 Å². The fourth-order valence-electron chi connectivity index (χ4n) is 2.93. The number of carbonyl (C=O) groups is 1. The van der Waals surface area contributed by atoms with Crippen LogP contribution in [0, 0.1) is 0 Å². The summed E-state index contributed by atoms with van der Waals surface area (Å²) in [5.74, 6) is 0.443. The Hall–Kier alpha value is -2.32. The molecule has 0 aromatic heterocycles. The van der Waals surface area contributed by atoms with Crippen molar-refractivity contribution in [2.45, 2.75) is 4.75 Å². The van der Waals surface area contributed by atoms with Crippen molar-refractivity contribution in [3.63, 3.8) is 0 Å². The molecular weight excluding hydrogens is 300 g/mol. The summed E-state index contributed by atoms with van der Waals surface area (Å²) in [4.78, 5) is 11.1. The zero-order valence-electron chi connectivity index (χ0n) is 12.8. The van der Waals surface area contributed by atoms with E-state index >= 15 is 0 Å². The van der Waals surface area contributed by atoms with Crippen LogP contribution in [0.4, 0.5) is 0 Å². The second kappa shape index (κ2) is 7.30. The molecule has 2 heteroatoms. The van der Waals surface area contributed by atoms with Gasteiger partial charge in [-0.15, -0.1) is 11.8 Å². The van der Waals surface area contributed by atoms with Gasteiger partial charge in [0, 0.05) is 0 Å². The lowest BCUT2D eigenvalue weighted by Crippen LogP contribution is -2.26. The van der Waals surface area contributed by atoms with Gasteiger partial charge >= 0.3 is 0 Å². The third-order valence-corrected chi connectivity index (χ3v) is 5.35. The lowest BCUT2D eigenvalue weighted by atomic mass is 9.84. The Balaban J connectivity index is 2.27. The van der Waals surface area contributed by atoms with E-state index in [1.807, 2.05) is 18.2 Å². The SMILES string of the molecule is O=CCSC(c1ccccc1)(c1ccccc1)c1ccccc1. The molecule has 0 radical (unpaired) electrons. The molecule has 0 bridgehead atoms. The number of thioether (sulfide) groups is 1. The minimum atomic E-state index is -0.384. The van der Waals surface area contributed by atoms with E-state index in [2.05, 4.69) is 72.8 Å². The average Bonchev–Trinajstić information content (AvgIpc) is 2.65. The minimum absolute atomic E-state index is 0.384. The number of rotatable bonds is 6. The highest BCUT2D eigenvalue weighted by atomic mass is 32.2. The molecule has 0 unspecified atom stereocenters. The minimum Gasteiger partial charge on any atom is -0.302 e. The molecule has 0 heterocycles. The molecule has 1 nitrogen and oxygen atoms in total. The molecule has 0 aliphatic carbocycles. The maximum atomic E-state index is 11.1. The Labute approximate surface area is 141 Å². The molecule has 3 rings (SSSR count). The Bertz CT molecular complexity index is 642. The van der Waals surface area contributed by atoms with Crippen molar-refractivity contribution in [2.24, 2.45) is 0 Å². The van der Waals surface area contributed by atoms with Crippen LogP contribution in [0.25, 0.3) is 0 Å². The van der Waals surface area contributed by atoms with Crippen LogP contribution in [0.5, 0.6) is 0 Å². The van der Waals surface area contributed by atoms with Gasteiger partial charge < -0.3 is 4.79 Å². The third kappa shape index (κ3) is 3.08. The quantitative estimate of drug-likeness (QED) is 0.474. The summed E-state index contributed by atoms with van der Waals surface area (Å²) in [6.07, 6.45) is 0.980. The van der Waals surface area contributed by atoms with Gasteiger partial charge in [0.05, 0.1) is 10.5 Å². The van der Waals surface area contributed by atoms with Crippen LogP contribution < -0.4 is 0 Å². The van der Waals surface area contributed by atoms with Crippen LogP contribution in [0.2, 0.25) is 0 Å². The second-order valence-electron chi connectivity index (χ2n) is 5.26. The molecule has 0 saturated heterocycles. The summed E-state index contributed by atoms with van der Waals surface area (Å²) >= 11 is 1.66. The summed E-state index contributed by atoms with van der Waals surface area (Å²) < 4.78 is -0.384. The van der Waals surface area contributed by atoms with Gasteiger partial charge in [-0.1, -0.05) is 91.0 Å². The third-order valence-electron chi connectivity index (χ3n) is 3.91. The first-order chi connectivity index (χ1) is 11.4. The summed E-state index contributed by atoms with van der Waals surface area (Å²) in [5, 5.41) is 0. The van der Waals surface area contributed by atoms with Crippen LogP contribution >= 0.6 is 11.8 Å². The lowest BCUT2D eigenvalue weighted by Gasteiger charge is -2.35. The van der Waals surface area contributed by atoms with Crippen LogP contribution in [-0.2, 0) is 9.54 Å². The van der Waals surface area contributed by atoms with Gasteiger partial charge in [0.15, 0.2) is 0 Å². The first kappa shape index (κ1) is 15.6. The Morgan fingerprint density at radius 3 is 1.30 bits per heavy atom. The normalized spacial score (nSPS) is 11.1. The maximum Gasteiger partial charge on any atom is 0.129 e. The standard InChI is InChI=1S/C21H18OS/c22-16-17-23-21(18-10-4-1-5-11-18,19-12-6-2-7-13-19)20-14-8-3-9-15-20/h1-16H,17H2. The molecule has 3 aromatic carbocycles. The first-order valence-electron chi connectivity index (χ1n) is 7.62. The zero-order chi connectivity index (χ0) is 16.0. The first-order valence-corrected chi connectivity index (χ1v) is 8.60. The molecular formula is C21H18OS. The molecule has 0 atom stereocenters. The highest BCUT2D eigenvalue weighted by Gasteiger charge is 2.36. The molecule has 0 fully saturated rings. The van der Waals surface area contributed by atoms with Crippen molar-refractivity contribution in [3.05, 3.63) is 108 Å². The van der Waals surface area contributed by atoms with Gasteiger partial charge in [0.2, 0.25) is 0 Å². The Kier molecular flexibility index (Phi) is 4.94. The van der Waals surface area contributed by atoms with Crippen LogP contribution in [0.15, 0.2) is 91.0 Å². The average molecular weight is 318 g/mol. The fraction of sp³-hybridized carbons (Fsp3) is 0.0952. The van der Waals surface area contributed by atoms with Gasteiger partial charge in [-0.2, -0.15) is 0 Å². The number of carbonyl (C=O) groups excluding carboxylic acids is 1. The zero-order valence-corrected chi connectivity index (χ0v) is 13.6. The van der Waals surface area contributed by atoms with Gasteiger partial charge in [0.1, 0.15) is 6.29 Å². The van der Waals surface area contributed by atoms with Gasteiger partial charge in [-0.3, -0.25) is 0 Å². The highest BCUT2D eigenvalue weighted by molar-refractivity contribution is 8.01. The summed E-state index contributed by atoms with van der Waals surface area (Å²) in [6, 6.07) is 31.2. The van der Waals surface area contributed by atoms with E-state index in [0.29, 0.717) is 5.75 Å². The van der Waals surface area contributed by atoms with E-state index in [9.17, 15) is 4.79 Å². The topological polar surface area (TPSA) is 17.1 Å². The van der Waals surface area contributed by atoms with Crippen molar-refractivity contribution < 1.29 is 4.79 Å². The molecule has 0 aliphatic rings.